The molecule has 1 saturated heterocycles. The topological polar surface area (TPSA) is 28.2 Å². The van der Waals surface area contributed by atoms with Gasteiger partial charge in [-0.3, -0.25) is 0 Å². The molecule has 3 rings (SSSR count). The molecule has 0 radical (unpaired) electrons. The van der Waals surface area contributed by atoms with Crippen LogP contribution in [-0.2, 0) is 6.54 Å². The molecule has 3 nitrogen and oxygen atoms in total. The van der Waals surface area contributed by atoms with E-state index < -0.39 is 0 Å². The van der Waals surface area contributed by atoms with Crippen molar-refractivity contribution in [2.24, 2.45) is 17.8 Å². The van der Waals surface area contributed by atoms with Crippen LogP contribution in [0, 0.1) is 17.8 Å². The van der Waals surface area contributed by atoms with Gasteiger partial charge in [0.15, 0.2) is 5.13 Å². The molecule has 1 aliphatic carbocycles. The van der Waals surface area contributed by atoms with E-state index in [1.54, 1.807) is 0 Å². The first-order chi connectivity index (χ1) is 9.22. The Labute approximate surface area is 120 Å². The van der Waals surface area contributed by atoms with Crippen LogP contribution in [0.3, 0.4) is 0 Å². The van der Waals surface area contributed by atoms with Gasteiger partial charge >= 0.3 is 0 Å². The summed E-state index contributed by atoms with van der Waals surface area (Å²) >= 11 is 1.87. The van der Waals surface area contributed by atoms with Crippen LogP contribution in [0.4, 0.5) is 5.13 Å². The molecule has 106 valence electrons. The van der Waals surface area contributed by atoms with E-state index in [-0.39, 0.29) is 0 Å². The highest BCUT2D eigenvalue weighted by Crippen LogP contribution is 2.40. The fraction of sp³-hybridized carbons (Fsp3) is 0.800. The fourth-order valence-corrected chi connectivity index (χ4v) is 4.30. The van der Waals surface area contributed by atoms with Crippen LogP contribution in [0.2, 0.25) is 0 Å². The molecule has 1 aromatic rings. The largest absolute Gasteiger partial charge is 0.348 e. The van der Waals surface area contributed by atoms with E-state index in [9.17, 15) is 0 Å². The highest BCUT2D eigenvalue weighted by molar-refractivity contribution is 7.15. The Kier molecular flexibility index (Phi) is 4.08. The van der Waals surface area contributed by atoms with Crippen LogP contribution in [0.25, 0.3) is 0 Å². The van der Waals surface area contributed by atoms with Gasteiger partial charge in [-0.15, -0.1) is 11.3 Å². The summed E-state index contributed by atoms with van der Waals surface area (Å²) in [5.74, 6) is 2.61. The maximum absolute atomic E-state index is 4.63. The van der Waals surface area contributed by atoms with Gasteiger partial charge in [-0.1, -0.05) is 20.3 Å². The van der Waals surface area contributed by atoms with Crippen LogP contribution >= 0.6 is 11.3 Å². The highest BCUT2D eigenvalue weighted by Gasteiger charge is 2.36. The van der Waals surface area contributed by atoms with E-state index in [1.165, 1.54) is 42.4 Å². The molecular weight excluding hydrogens is 254 g/mol. The Balaban J connectivity index is 1.53. The Hall–Kier alpha value is -0.610. The van der Waals surface area contributed by atoms with Crippen molar-refractivity contribution in [3.8, 4) is 0 Å². The molecule has 2 unspecified atom stereocenters. The number of anilines is 1. The molecule has 0 amide bonds. The van der Waals surface area contributed by atoms with Crippen molar-refractivity contribution in [3.05, 3.63) is 11.1 Å². The van der Waals surface area contributed by atoms with Crippen molar-refractivity contribution in [3.63, 3.8) is 0 Å². The number of nitrogens with one attached hydrogen (secondary N) is 1. The second-order valence-electron chi connectivity index (χ2n) is 6.49. The first-order valence-corrected chi connectivity index (χ1v) is 8.44. The van der Waals surface area contributed by atoms with Crippen LogP contribution in [-0.4, -0.2) is 24.6 Å². The lowest BCUT2D eigenvalue weighted by atomic mass is 10.0. The van der Waals surface area contributed by atoms with Gasteiger partial charge in [-0.25, -0.2) is 4.98 Å². The van der Waals surface area contributed by atoms with Crippen LogP contribution in [0.5, 0.6) is 0 Å². The zero-order chi connectivity index (χ0) is 13.2. The standard InChI is InChI=1S/C15H25N3S/c1-11(2)6-16-7-14-8-17-15(19-14)18-9-12-4-3-5-13(12)10-18/h8,11-13,16H,3-7,9-10H2,1-2H3. The number of hydrogen-bond donors (Lipinski definition) is 1. The van der Waals surface area contributed by atoms with Gasteiger partial charge in [-0.05, 0) is 37.1 Å². The average molecular weight is 279 g/mol. The van der Waals surface area contributed by atoms with Crippen LogP contribution in [0.1, 0.15) is 38.0 Å². The molecule has 4 heteroatoms. The first-order valence-electron chi connectivity index (χ1n) is 7.62. The quantitative estimate of drug-likeness (QED) is 0.897. The van der Waals surface area contributed by atoms with Crippen LogP contribution < -0.4 is 10.2 Å². The Morgan fingerprint density at radius 2 is 2.11 bits per heavy atom. The molecule has 1 saturated carbocycles. The van der Waals surface area contributed by atoms with Gasteiger partial charge in [0.2, 0.25) is 0 Å². The summed E-state index contributed by atoms with van der Waals surface area (Å²) in [6, 6.07) is 0. The summed E-state index contributed by atoms with van der Waals surface area (Å²) in [4.78, 5) is 8.51. The second-order valence-corrected chi connectivity index (χ2v) is 7.58. The van der Waals surface area contributed by atoms with Gasteiger partial charge in [-0.2, -0.15) is 0 Å². The third-order valence-electron chi connectivity index (χ3n) is 4.39. The van der Waals surface area contributed by atoms with Crippen molar-refractivity contribution >= 4 is 16.5 Å². The van der Waals surface area contributed by atoms with Gasteiger partial charge in [0, 0.05) is 30.7 Å². The molecule has 1 aliphatic heterocycles. The minimum atomic E-state index is 0.713. The summed E-state index contributed by atoms with van der Waals surface area (Å²) in [5, 5.41) is 4.74. The molecule has 0 bridgehead atoms. The predicted molar refractivity (Wildman–Crippen MR) is 81.7 cm³/mol. The normalized spacial score (nSPS) is 26.4. The summed E-state index contributed by atoms with van der Waals surface area (Å²) in [6.07, 6.45) is 6.39. The highest BCUT2D eigenvalue weighted by atomic mass is 32.1. The molecule has 2 fully saturated rings. The number of aromatic nitrogens is 1. The maximum Gasteiger partial charge on any atom is 0.185 e. The van der Waals surface area contributed by atoms with Crippen LogP contribution in [0.15, 0.2) is 6.20 Å². The van der Waals surface area contributed by atoms with Gasteiger partial charge in [0.1, 0.15) is 0 Å². The summed E-state index contributed by atoms with van der Waals surface area (Å²) < 4.78 is 0. The SMILES string of the molecule is CC(C)CNCc1cnc(N2CC3CCCC3C2)s1. The van der Waals surface area contributed by atoms with Crippen molar-refractivity contribution in [1.29, 1.82) is 0 Å². The Bertz CT molecular complexity index is 403. The van der Waals surface area contributed by atoms with E-state index in [0.29, 0.717) is 5.92 Å². The third-order valence-corrected chi connectivity index (χ3v) is 5.45. The lowest BCUT2D eigenvalue weighted by Crippen LogP contribution is -2.20. The monoisotopic (exact) mass is 279 g/mol. The average Bonchev–Trinajstić information content (AvgIpc) is 3.01. The van der Waals surface area contributed by atoms with Crippen molar-refractivity contribution < 1.29 is 0 Å². The molecule has 2 atom stereocenters. The number of hydrogen-bond acceptors (Lipinski definition) is 4. The number of fused-ring (bicyclic) bond motifs is 1. The molecule has 1 aromatic heterocycles. The molecule has 2 aliphatic rings. The first kappa shape index (κ1) is 13.4. The smallest absolute Gasteiger partial charge is 0.185 e. The summed E-state index contributed by atoms with van der Waals surface area (Å²) in [7, 11) is 0. The fourth-order valence-electron chi connectivity index (χ4n) is 3.40. The molecule has 0 aromatic carbocycles. The van der Waals surface area contributed by atoms with Gasteiger partial charge in [0.25, 0.3) is 0 Å². The lowest BCUT2D eigenvalue weighted by Gasteiger charge is -2.15. The van der Waals surface area contributed by atoms with Crippen molar-refractivity contribution in [1.82, 2.24) is 10.3 Å². The van der Waals surface area contributed by atoms with E-state index in [4.69, 9.17) is 0 Å². The molecule has 1 N–H and O–H groups in total. The molecule has 0 spiro atoms. The maximum atomic E-state index is 4.63. The minimum absolute atomic E-state index is 0.713. The van der Waals surface area contributed by atoms with Crippen molar-refractivity contribution in [2.75, 3.05) is 24.5 Å². The Morgan fingerprint density at radius 3 is 2.79 bits per heavy atom. The van der Waals surface area contributed by atoms with Crippen molar-refractivity contribution in [2.45, 2.75) is 39.7 Å². The van der Waals surface area contributed by atoms with E-state index in [2.05, 4.69) is 35.2 Å². The predicted octanol–water partition coefficient (Wildman–Crippen LogP) is 3.13. The van der Waals surface area contributed by atoms with E-state index in [1.807, 2.05) is 11.3 Å². The number of nitrogens with zero attached hydrogens (tertiary/aromatic N) is 2. The number of rotatable bonds is 5. The third kappa shape index (κ3) is 3.11. The zero-order valence-electron chi connectivity index (χ0n) is 12.1. The number of thiazole rings is 1. The Morgan fingerprint density at radius 1 is 1.37 bits per heavy atom. The molecule has 2 heterocycles. The summed E-state index contributed by atoms with van der Waals surface area (Å²) in [5.41, 5.74) is 0. The van der Waals surface area contributed by atoms with E-state index >= 15 is 0 Å². The lowest BCUT2D eigenvalue weighted by molar-refractivity contribution is 0.494. The van der Waals surface area contributed by atoms with Gasteiger partial charge in [0.05, 0.1) is 0 Å². The molecular formula is C15H25N3S. The molecule has 19 heavy (non-hydrogen) atoms. The van der Waals surface area contributed by atoms with E-state index in [0.717, 1.165) is 24.9 Å². The summed E-state index contributed by atoms with van der Waals surface area (Å²) in [6.45, 7) is 9.04. The zero-order valence-corrected chi connectivity index (χ0v) is 12.9. The minimum Gasteiger partial charge on any atom is -0.348 e. The van der Waals surface area contributed by atoms with Gasteiger partial charge < -0.3 is 10.2 Å². The second kappa shape index (κ2) is 5.80.